The second-order valence-corrected chi connectivity index (χ2v) is 5.29. The van der Waals surface area contributed by atoms with E-state index in [0.717, 1.165) is 12.2 Å². The van der Waals surface area contributed by atoms with Crippen LogP contribution in [-0.2, 0) is 13.0 Å². The summed E-state index contributed by atoms with van der Waals surface area (Å²) in [6, 6.07) is 0.00676. The fraction of sp³-hybridized carbons (Fsp3) is 0.538. The number of hydrogen-bond donors (Lipinski definition) is 2. The summed E-state index contributed by atoms with van der Waals surface area (Å²) < 4.78 is 6.64. The van der Waals surface area contributed by atoms with Gasteiger partial charge in [0.05, 0.1) is 5.69 Å². The molecule has 1 aliphatic rings. The van der Waals surface area contributed by atoms with Gasteiger partial charge in [0.25, 0.3) is 5.91 Å². The highest BCUT2D eigenvalue weighted by Gasteiger charge is 2.23. The Bertz CT molecular complexity index is 707. The van der Waals surface area contributed by atoms with E-state index in [4.69, 9.17) is 4.52 Å². The molecule has 21 heavy (non-hydrogen) atoms. The maximum Gasteiger partial charge on any atom is 0.343 e. The molecule has 1 atom stereocenters. The van der Waals surface area contributed by atoms with Crippen LogP contribution >= 0.6 is 0 Å². The number of nitrogens with one attached hydrogen (secondary N) is 2. The van der Waals surface area contributed by atoms with Gasteiger partial charge in [-0.3, -0.25) is 9.36 Å². The van der Waals surface area contributed by atoms with Gasteiger partial charge in [-0.05, 0) is 26.7 Å². The van der Waals surface area contributed by atoms with Crippen LogP contribution in [0.2, 0.25) is 0 Å². The number of rotatable bonds is 2. The maximum atomic E-state index is 12.3. The van der Waals surface area contributed by atoms with E-state index in [1.807, 2.05) is 0 Å². The third-order valence-corrected chi connectivity index (χ3v) is 3.85. The van der Waals surface area contributed by atoms with Crippen molar-refractivity contribution in [3.8, 4) is 0 Å². The van der Waals surface area contributed by atoms with E-state index in [2.05, 4.69) is 20.7 Å². The predicted octanol–water partition coefficient (Wildman–Crippen LogP) is 0.311. The molecular weight excluding hydrogens is 274 g/mol. The third-order valence-electron chi connectivity index (χ3n) is 3.85. The molecule has 8 heteroatoms. The molecule has 1 amide bonds. The minimum absolute atomic E-state index is 0.00676. The molecule has 2 aromatic heterocycles. The standard InChI is InChI=1S/C13H17N5O3/c1-7-11(8(2)21-17-7)12(19)14-9-3-4-10-15-16-13(20)18(10)6-5-9/h9H,3-6H2,1-2H3,(H,14,19)(H,16,20). The number of amides is 1. The monoisotopic (exact) mass is 291 g/mol. The Morgan fingerprint density at radius 1 is 1.43 bits per heavy atom. The number of aryl methyl sites for hydroxylation is 3. The van der Waals surface area contributed by atoms with Crippen LogP contribution in [0, 0.1) is 13.8 Å². The SMILES string of the molecule is Cc1noc(C)c1C(=O)NC1CCc2n[nH]c(=O)n2CC1. The zero-order valence-corrected chi connectivity index (χ0v) is 12.0. The van der Waals surface area contributed by atoms with Crippen molar-refractivity contribution in [3.63, 3.8) is 0 Å². The molecule has 0 fully saturated rings. The van der Waals surface area contributed by atoms with Crippen molar-refractivity contribution >= 4 is 5.91 Å². The average molecular weight is 291 g/mol. The number of aromatic nitrogens is 4. The Labute approximate surface area is 120 Å². The number of carbonyl (C=O) groups is 1. The van der Waals surface area contributed by atoms with Gasteiger partial charge >= 0.3 is 5.69 Å². The van der Waals surface area contributed by atoms with Crippen LogP contribution in [0.3, 0.4) is 0 Å². The molecule has 2 N–H and O–H groups in total. The van der Waals surface area contributed by atoms with Gasteiger partial charge in [-0.2, -0.15) is 5.10 Å². The van der Waals surface area contributed by atoms with E-state index >= 15 is 0 Å². The molecular formula is C13H17N5O3. The number of fused-ring (bicyclic) bond motifs is 1. The molecule has 112 valence electrons. The predicted molar refractivity (Wildman–Crippen MR) is 73.0 cm³/mol. The lowest BCUT2D eigenvalue weighted by molar-refractivity contribution is 0.0931. The van der Waals surface area contributed by atoms with Crippen molar-refractivity contribution in [3.05, 3.63) is 33.3 Å². The van der Waals surface area contributed by atoms with Crippen LogP contribution in [0.15, 0.2) is 9.32 Å². The fourth-order valence-corrected chi connectivity index (χ4v) is 2.71. The van der Waals surface area contributed by atoms with Crippen LogP contribution in [0.25, 0.3) is 0 Å². The Morgan fingerprint density at radius 2 is 2.24 bits per heavy atom. The molecule has 0 aromatic carbocycles. The molecule has 0 saturated carbocycles. The Morgan fingerprint density at radius 3 is 2.95 bits per heavy atom. The molecule has 0 bridgehead atoms. The van der Waals surface area contributed by atoms with Crippen molar-refractivity contribution in [1.29, 1.82) is 0 Å². The molecule has 0 spiro atoms. The first kappa shape index (κ1) is 13.6. The highest BCUT2D eigenvalue weighted by molar-refractivity contribution is 5.96. The lowest BCUT2D eigenvalue weighted by Crippen LogP contribution is -2.36. The van der Waals surface area contributed by atoms with Crippen molar-refractivity contribution in [2.45, 2.75) is 45.7 Å². The zero-order chi connectivity index (χ0) is 15.0. The lowest BCUT2D eigenvalue weighted by Gasteiger charge is -2.15. The topological polar surface area (TPSA) is 106 Å². The van der Waals surface area contributed by atoms with E-state index in [9.17, 15) is 9.59 Å². The summed E-state index contributed by atoms with van der Waals surface area (Å²) in [6.45, 7) is 4.02. The van der Waals surface area contributed by atoms with Gasteiger partial charge < -0.3 is 9.84 Å². The van der Waals surface area contributed by atoms with Crippen LogP contribution in [0.5, 0.6) is 0 Å². The minimum atomic E-state index is -0.192. The van der Waals surface area contributed by atoms with Crippen molar-refractivity contribution in [1.82, 2.24) is 25.2 Å². The molecule has 8 nitrogen and oxygen atoms in total. The summed E-state index contributed by atoms with van der Waals surface area (Å²) in [7, 11) is 0. The molecule has 2 aromatic rings. The van der Waals surface area contributed by atoms with Gasteiger partial charge in [-0.1, -0.05) is 5.16 Å². The quantitative estimate of drug-likeness (QED) is 0.828. The normalized spacial score (nSPS) is 18.1. The van der Waals surface area contributed by atoms with Crippen LogP contribution in [-0.4, -0.2) is 31.9 Å². The summed E-state index contributed by atoms with van der Waals surface area (Å²) in [6.07, 6.45) is 2.10. The van der Waals surface area contributed by atoms with Gasteiger partial charge in [0, 0.05) is 19.0 Å². The highest BCUT2D eigenvalue weighted by Crippen LogP contribution is 2.15. The van der Waals surface area contributed by atoms with Crippen molar-refractivity contribution in [2.24, 2.45) is 0 Å². The maximum absolute atomic E-state index is 12.3. The molecule has 0 aliphatic carbocycles. The Balaban J connectivity index is 1.70. The Hall–Kier alpha value is -2.38. The summed E-state index contributed by atoms with van der Waals surface area (Å²) >= 11 is 0. The molecule has 3 rings (SSSR count). The summed E-state index contributed by atoms with van der Waals surface area (Å²) in [5.74, 6) is 1.08. The summed E-state index contributed by atoms with van der Waals surface area (Å²) in [5, 5.41) is 13.2. The largest absolute Gasteiger partial charge is 0.361 e. The molecule has 1 aliphatic heterocycles. The second-order valence-electron chi connectivity index (χ2n) is 5.29. The van der Waals surface area contributed by atoms with Crippen LogP contribution < -0.4 is 11.0 Å². The number of H-pyrrole nitrogens is 1. The number of carbonyl (C=O) groups excluding carboxylic acids is 1. The van der Waals surface area contributed by atoms with E-state index in [1.165, 1.54) is 0 Å². The van der Waals surface area contributed by atoms with Crippen molar-refractivity contribution in [2.75, 3.05) is 0 Å². The zero-order valence-electron chi connectivity index (χ0n) is 12.0. The third kappa shape index (κ3) is 2.48. The first-order valence-corrected chi connectivity index (χ1v) is 6.94. The number of hydrogen-bond acceptors (Lipinski definition) is 5. The molecule has 0 saturated heterocycles. The highest BCUT2D eigenvalue weighted by atomic mass is 16.5. The van der Waals surface area contributed by atoms with Crippen LogP contribution in [0.4, 0.5) is 0 Å². The molecule has 3 heterocycles. The van der Waals surface area contributed by atoms with E-state index in [0.29, 0.717) is 36.4 Å². The van der Waals surface area contributed by atoms with Gasteiger partial charge in [0.15, 0.2) is 0 Å². The minimum Gasteiger partial charge on any atom is -0.361 e. The van der Waals surface area contributed by atoms with Crippen LogP contribution in [0.1, 0.15) is 40.5 Å². The van der Waals surface area contributed by atoms with Gasteiger partial charge in [0.1, 0.15) is 17.1 Å². The number of aromatic amines is 1. The van der Waals surface area contributed by atoms with E-state index in [1.54, 1.807) is 18.4 Å². The smallest absolute Gasteiger partial charge is 0.343 e. The Kier molecular flexibility index (Phi) is 3.36. The van der Waals surface area contributed by atoms with Gasteiger partial charge in [-0.15, -0.1) is 0 Å². The lowest BCUT2D eigenvalue weighted by atomic mass is 10.1. The van der Waals surface area contributed by atoms with Gasteiger partial charge in [0.2, 0.25) is 0 Å². The fourth-order valence-electron chi connectivity index (χ4n) is 2.71. The second kappa shape index (κ2) is 5.19. The van der Waals surface area contributed by atoms with Gasteiger partial charge in [-0.25, -0.2) is 9.89 Å². The first-order chi connectivity index (χ1) is 10.1. The molecule has 1 unspecified atom stereocenters. The number of nitrogens with zero attached hydrogens (tertiary/aromatic N) is 3. The average Bonchev–Trinajstić information content (AvgIpc) is 2.88. The summed E-state index contributed by atoms with van der Waals surface area (Å²) in [5.41, 5.74) is 0.889. The summed E-state index contributed by atoms with van der Waals surface area (Å²) in [4.78, 5) is 23.9. The molecule has 0 radical (unpaired) electrons. The van der Waals surface area contributed by atoms with E-state index < -0.39 is 0 Å². The van der Waals surface area contributed by atoms with Crippen molar-refractivity contribution < 1.29 is 9.32 Å². The van der Waals surface area contributed by atoms with E-state index in [-0.39, 0.29) is 17.6 Å². The first-order valence-electron chi connectivity index (χ1n) is 6.94.